The lowest BCUT2D eigenvalue weighted by molar-refractivity contribution is 0.414. The summed E-state index contributed by atoms with van der Waals surface area (Å²) in [7, 11) is 1.61. The Kier molecular flexibility index (Phi) is 3.54. The van der Waals surface area contributed by atoms with Gasteiger partial charge in [-0.3, -0.25) is 0 Å². The van der Waals surface area contributed by atoms with Crippen LogP contribution in [0.3, 0.4) is 0 Å². The van der Waals surface area contributed by atoms with E-state index in [2.05, 4.69) is 5.16 Å². The predicted octanol–water partition coefficient (Wildman–Crippen LogP) is 4.25. The van der Waals surface area contributed by atoms with Crippen molar-refractivity contribution in [2.75, 3.05) is 12.8 Å². The van der Waals surface area contributed by atoms with Gasteiger partial charge in [-0.2, -0.15) is 0 Å². The third kappa shape index (κ3) is 2.34. The fraction of sp³-hybridized carbons (Fsp3) is 0.0625. The van der Waals surface area contributed by atoms with Gasteiger partial charge in [-0.15, -0.1) is 0 Å². The number of anilines is 1. The molecule has 21 heavy (non-hydrogen) atoms. The van der Waals surface area contributed by atoms with E-state index in [0.29, 0.717) is 22.0 Å². The zero-order chi connectivity index (χ0) is 14.8. The van der Waals surface area contributed by atoms with Crippen LogP contribution < -0.4 is 10.5 Å². The Balaban J connectivity index is 2.25. The molecule has 106 valence electrons. The van der Waals surface area contributed by atoms with Crippen molar-refractivity contribution < 1.29 is 9.26 Å². The Hall–Kier alpha value is -2.46. The van der Waals surface area contributed by atoms with Gasteiger partial charge in [0.25, 0.3) is 0 Å². The van der Waals surface area contributed by atoms with Gasteiger partial charge in [-0.1, -0.05) is 47.1 Å². The number of para-hydroxylation sites is 1. The van der Waals surface area contributed by atoms with E-state index in [-0.39, 0.29) is 5.88 Å². The molecule has 1 heterocycles. The van der Waals surface area contributed by atoms with Gasteiger partial charge in [-0.05, 0) is 18.2 Å². The number of hydrogen-bond donors (Lipinski definition) is 1. The molecule has 0 bridgehead atoms. The molecular formula is C16H13ClN2O2. The van der Waals surface area contributed by atoms with Crippen molar-refractivity contribution in [3.63, 3.8) is 0 Å². The van der Waals surface area contributed by atoms with Crippen molar-refractivity contribution in [3.05, 3.63) is 53.6 Å². The highest BCUT2D eigenvalue weighted by molar-refractivity contribution is 6.33. The van der Waals surface area contributed by atoms with Gasteiger partial charge in [0.15, 0.2) is 0 Å². The molecule has 0 amide bonds. The summed E-state index contributed by atoms with van der Waals surface area (Å²) in [5.41, 5.74) is 8.80. The van der Waals surface area contributed by atoms with Gasteiger partial charge in [0.1, 0.15) is 11.4 Å². The van der Waals surface area contributed by atoms with E-state index in [4.69, 9.17) is 26.6 Å². The zero-order valence-corrected chi connectivity index (χ0v) is 12.1. The van der Waals surface area contributed by atoms with E-state index >= 15 is 0 Å². The molecule has 0 aliphatic heterocycles. The molecule has 0 fully saturated rings. The first-order chi connectivity index (χ1) is 10.2. The van der Waals surface area contributed by atoms with E-state index in [9.17, 15) is 0 Å². The Morgan fingerprint density at radius 2 is 1.71 bits per heavy atom. The maximum atomic E-state index is 6.26. The highest BCUT2D eigenvalue weighted by Crippen LogP contribution is 2.41. The topological polar surface area (TPSA) is 61.3 Å². The van der Waals surface area contributed by atoms with Gasteiger partial charge in [-0.25, -0.2) is 0 Å². The standard InChI is InChI=1S/C16H13ClN2O2/c1-20-13-9-5-3-7-11(13)15-14(16(18)21-19-15)10-6-2-4-8-12(10)17/h2-9H,18H2,1H3. The summed E-state index contributed by atoms with van der Waals surface area (Å²) in [5.74, 6) is 0.920. The summed E-state index contributed by atoms with van der Waals surface area (Å²) in [6.07, 6.45) is 0. The first-order valence-corrected chi connectivity index (χ1v) is 6.73. The van der Waals surface area contributed by atoms with Crippen LogP contribution in [-0.4, -0.2) is 12.3 Å². The van der Waals surface area contributed by atoms with E-state index in [1.165, 1.54) is 0 Å². The van der Waals surface area contributed by atoms with Crippen LogP contribution in [0.1, 0.15) is 0 Å². The highest BCUT2D eigenvalue weighted by atomic mass is 35.5. The number of nitrogen functional groups attached to an aromatic ring is 1. The van der Waals surface area contributed by atoms with Crippen LogP contribution >= 0.6 is 11.6 Å². The fourth-order valence-corrected chi connectivity index (χ4v) is 2.48. The number of nitrogens with zero attached hydrogens (tertiary/aromatic N) is 1. The molecular weight excluding hydrogens is 288 g/mol. The van der Waals surface area contributed by atoms with Crippen molar-refractivity contribution in [1.82, 2.24) is 5.16 Å². The lowest BCUT2D eigenvalue weighted by atomic mass is 10.0. The second-order valence-electron chi connectivity index (χ2n) is 4.45. The maximum Gasteiger partial charge on any atom is 0.230 e. The number of hydrogen-bond acceptors (Lipinski definition) is 4. The molecule has 0 atom stereocenters. The van der Waals surface area contributed by atoms with E-state index in [0.717, 1.165) is 11.1 Å². The zero-order valence-electron chi connectivity index (χ0n) is 11.3. The average molecular weight is 301 g/mol. The van der Waals surface area contributed by atoms with Gasteiger partial charge >= 0.3 is 0 Å². The smallest absolute Gasteiger partial charge is 0.230 e. The third-order valence-electron chi connectivity index (χ3n) is 3.22. The van der Waals surface area contributed by atoms with Crippen LogP contribution in [0.4, 0.5) is 5.88 Å². The normalized spacial score (nSPS) is 10.6. The minimum Gasteiger partial charge on any atom is -0.496 e. The molecule has 2 N–H and O–H groups in total. The second-order valence-corrected chi connectivity index (χ2v) is 4.86. The molecule has 2 aromatic carbocycles. The van der Waals surface area contributed by atoms with Gasteiger partial charge in [0.2, 0.25) is 5.88 Å². The SMILES string of the molecule is COc1ccccc1-c1noc(N)c1-c1ccccc1Cl. The second kappa shape index (κ2) is 5.50. The fourth-order valence-electron chi connectivity index (χ4n) is 2.25. The summed E-state index contributed by atoms with van der Waals surface area (Å²) in [6.45, 7) is 0. The Labute approximate surface area is 127 Å². The quantitative estimate of drug-likeness (QED) is 0.785. The first-order valence-electron chi connectivity index (χ1n) is 6.36. The third-order valence-corrected chi connectivity index (χ3v) is 3.55. The van der Waals surface area contributed by atoms with E-state index < -0.39 is 0 Å². The number of nitrogens with two attached hydrogens (primary N) is 1. The number of aromatic nitrogens is 1. The number of methoxy groups -OCH3 is 1. The lowest BCUT2D eigenvalue weighted by Crippen LogP contribution is -1.91. The molecule has 0 saturated carbocycles. The summed E-state index contributed by atoms with van der Waals surface area (Å²) in [5, 5.41) is 4.66. The minimum absolute atomic E-state index is 0.226. The average Bonchev–Trinajstić information content (AvgIpc) is 2.89. The molecule has 0 aliphatic carbocycles. The van der Waals surface area contributed by atoms with Crippen LogP contribution in [0.5, 0.6) is 5.75 Å². The van der Waals surface area contributed by atoms with Gasteiger partial charge < -0.3 is 15.0 Å². The Bertz CT molecular complexity index is 783. The molecule has 5 heteroatoms. The molecule has 3 aromatic rings. The Morgan fingerprint density at radius 3 is 2.43 bits per heavy atom. The summed E-state index contributed by atoms with van der Waals surface area (Å²) < 4.78 is 10.5. The first kappa shape index (κ1) is 13.5. The van der Waals surface area contributed by atoms with Crippen molar-refractivity contribution in [2.45, 2.75) is 0 Å². The van der Waals surface area contributed by atoms with Crippen LogP contribution in [-0.2, 0) is 0 Å². The summed E-state index contributed by atoms with van der Waals surface area (Å²) in [4.78, 5) is 0. The lowest BCUT2D eigenvalue weighted by Gasteiger charge is -2.08. The number of ether oxygens (including phenoxy) is 1. The van der Waals surface area contributed by atoms with Gasteiger partial charge in [0, 0.05) is 16.1 Å². The van der Waals surface area contributed by atoms with Crippen LogP contribution in [0.2, 0.25) is 5.02 Å². The molecule has 0 radical (unpaired) electrons. The van der Waals surface area contributed by atoms with Crippen LogP contribution in [0.25, 0.3) is 22.4 Å². The molecule has 0 spiro atoms. The summed E-state index contributed by atoms with van der Waals surface area (Å²) >= 11 is 6.26. The summed E-state index contributed by atoms with van der Waals surface area (Å²) in [6, 6.07) is 15.0. The maximum absolute atomic E-state index is 6.26. The van der Waals surface area contributed by atoms with Crippen molar-refractivity contribution >= 4 is 17.5 Å². The molecule has 0 unspecified atom stereocenters. The molecule has 4 nitrogen and oxygen atoms in total. The number of rotatable bonds is 3. The number of benzene rings is 2. The van der Waals surface area contributed by atoms with Crippen LogP contribution in [0, 0.1) is 0 Å². The Morgan fingerprint density at radius 1 is 1.05 bits per heavy atom. The van der Waals surface area contributed by atoms with Crippen molar-refractivity contribution in [3.8, 4) is 28.1 Å². The van der Waals surface area contributed by atoms with Crippen molar-refractivity contribution in [1.29, 1.82) is 0 Å². The highest BCUT2D eigenvalue weighted by Gasteiger charge is 2.21. The van der Waals surface area contributed by atoms with E-state index in [1.807, 2.05) is 42.5 Å². The largest absolute Gasteiger partial charge is 0.496 e. The minimum atomic E-state index is 0.226. The molecule has 0 aliphatic rings. The van der Waals surface area contributed by atoms with Crippen molar-refractivity contribution in [2.24, 2.45) is 0 Å². The molecule has 1 aromatic heterocycles. The van der Waals surface area contributed by atoms with Gasteiger partial charge in [0.05, 0.1) is 12.7 Å². The molecule has 0 saturated heterocycles. The molecule has 3 rings (SSSR count). The van der Waals surface area contributed by atoms with Crippen LogP contribution in [0.15, 0.2) is 53.1 Å². The monoisotopic (exact) mass is 300 g/mol. The number of halogens is 1. The van der Waals surface area contributed by atoms with E-state index in [1.54, 1.807) is 13.2 Å². The predicted molar refractivity (Wildman–Crippen MR) is 83.3 cm³/mol.